The topological polar surface area (TPSA) is 69.6 Å². The van der Waals surface area contributed by atoms with Gasteiger partial charge in [-0.3, -0.25) is 0 Å². The zero-order valence-electron chi connectivity index (χ0n) is 7.46. The van der Waals surface area contributed by atoms with Crippen molar-refractivity contribution in [1.29, 1.82) is 0 Å². The van der Waals surface area contributed by atoms with Gasteiger partial charge in [-0.25, -0.2) is 4.68 Å². The molecule has 0 atom stereocenters. The van der Waals surface area contributed by atoms with E-state index in [0.717, 1.165) is 3.57 Å². The minimum Gasteiger partial charge on any atom is -0.389 e. The monoisotopic (exact) mass is 331 g/mol. The first kappa shape index (κ1) is 10.4. The zero-order valence-corrected chi connectivity index (χ0v) is 10.4. The summed E-state index contributed by atoms with van der Waals surface area (Å²) in [6.07, 6.45) is 5.09. The lowest BCUT2D eigenvalue weighted by Crippen LogP contribution is -2.15. The van der Waals surface area contributed by atoms with Gasteiger partial charge in [-0.2, -0.15) is 10.2 Å². The van der Waals surface area contributed by atoms with Crippen LogP contribution in [0, 0.1) is 3.57 Å². The first-order valence-corrected chi connectivity index (χ1v) is 5.49. The van der Waals surface area contributed by atoms with E-state index >= 15 is 0 Å². The van der Waals surface area contributed by atoms with E-state index < -0.39 is 0 Å². The van der Waals surface area contributed by atoms with Gasteiger partial charge in [0.05, 0.1) is 21.5 Å². The summed E-state index contributed by atoms with van der Waals surface area (Å²) < 4.78 is 2.61. The molecule has 0 saturated carbocycles. The van der Waals surface area contributed by atoms with Crippen LogP contribution in [0.2, 0.25) is 0 Å². The Morgan fingerprint density at radius 3 is 2.93 bits per heavy atom. The molecule has 0 unspecified atom stereocenters. The number of aromatic nitrogens is 4. The summed E-state index contributed by atoms with van der Waals surface area (Å²) in [6, 6.07) is 1.72. The molecule has 2 rings (SSSR count). The smallest absolute Gasteiger partial charge is 0.185 e. The summed E-state index contributed by atoms with van der Waals surface area (Å²) in [7, 11) is 0. The summed E-state index contributed by atoms with van der Waals surface area (Å²) in [5, 5.41) is 11.9. The van der Waals surface area contributed by atoms with Crippen LogP contribution in [0.3, 0.4) is 0 Å². The first-order chi connectivity index (χ1) is 7.18. The van der Waals surface area contributed by atoms with Crippen LogP contribution in [0.1, 0.15) is 5.56 Å². The molecule has 0 aromatic carbocycles. The summed E-state index contributed by atoms with van der Waals surface area (Å²) in [4.78, 5) is 0.283. The largest absolute Gasteiger partial charge is 0.389 e. The highest BCUT2D eigenvalue weighted by atomic mass is 127. The molecular weight excluding hydrogens is 325 g/mol. The molecule has 15 heavy (non-hydrogen) atoms. The van der Waals surface area contributed by atoms with Crippen molar-refractivity contribution in [3.8, 4) is 5.82 Å². The van der Waals surface area contributed by atoms with Crippen LogP contribution in [0.5, 0.6) is 0 Å². The third-order valence-corrected chi connectivity index (χ3v) is 2.51. The van der Waals surface area contributed by atoms with Crippen molar-refractivity contribution in [2.75, 3.05) is 0 Å². The number of nitrogens with zero attached hydrogens (tertiary/aromatic N) is 4. The molecule has 76 valence electrons. The van der Waals surface area contributed by atoms with Gasteiger partial charge in [0.1, 0.15) is 4.99 Å². The average Bonchev–Trinajstić information content (AvgIpc) is 2.65. The fourth-order valence-electron chi connectivity index (χ4n) is 1.10. The van der Waals surface area contributed by atoms with Gasteiger partial charge in [0.2, 0.25) is 0 Å². The Labute approximate surface area is 105 Å². The van der Waals surface area contributed by atoms with Crippen LogP contribution >= 0.6 is 34.8 Å². The Balaban J connectivity index is 2.57. The lowest BCUT2D eigenvalue weighted by molar-refractivity contribution is 0.811. The molecule has 7 heteroatoms. The highest BCUT2D eigenvalue weighted by Gasteiger charge is 2.09. The second-order valence-corrected chi connectivity index (χ2v) is 4.42. The molecule has 2 heterocycles. The van der Waals surface area contributed by atoms with E-state index in [-0.39, 0.29) is 4.99 Å². The maximum absolute atomic E-state index is 5.58. The third kappa shape index (κ3) is 2.12. The number of halogens is 1. The molecule has 0 bridgehead atoms. The van der Waals surface area contributed by atoms with E-state index in [1.807, 2.05) is 6.20 Å². The molecule has 2 aromatic heterocycles. The Hall–Kier alpha value is -1.09. The van der Waals surface area contributed by atoms with Crippen LogP contribution in [-0.2, 0) is 0 Å². The number of thiocarbonyl (C=S) groups is 1. The Bertz CT molecular complexity index is 509. The van der Waals surface area contributed by atoms with Gasteiger partial charge in [0.25, 0.3) is 0 Å². The van der Waals surface area contributed by atoms with E-state index in [9.17, 15) is 0 Å². The van der Waals surface area contributed by atoms with Crippen molar-refractivity contribution < 1.29 is 0 Å². The first-order valence-electron chi connectivity index (χ1n) is 4.00. The second kappa shape index (κ2) is 4.19. The number of hydrogen-bond donors (Lipinski definition) is 1. The molecule has 0 spiro atoms. The highest BCUT2D eigenvalue weighted by molar-refractivity contribution is 14.1. The number of hydrogen-bond acceptors (Lipinski definition) is 4. The predicted molar refractivity (Wildman–Crippen MR) is 67.8 cm³/mol. The summed E-state index contributed by atoms with van der Waals surface area (Å²) in [6.45, 7) is 0. The maximum Gasteiger partial charge on any atom is 0.185 e. The minimum atomic E-state index is 0.283. The van der Waals surface area contributed by atoms with Gasteiger partial charge < -0.3 is 5.73 Å². The molecular formula is C8H6IN5S. The molecule has 2 aromatic rings. The third-order valence-electron chi connectivity index (χ3n) is 1.73. The molecule has 0 aliphatic rings. The SMILES string of the molecule is NC(=S)c1ccnnc1-n1cc(I)cn1. The van der Waals surface area contributed by atoms with E-state index in [1.54, 1.807) is 23.1 Å². The van der Waals surface area contributed by atoms with Crippen molar-refractivity contribution in [1.82, 2.24) is 20.0 Å². The van der Waals surface area contributed by atoms with Gasteiger partial charge in [0.15, 0.2) is 5.82 Å². The summed E-state index contributed by atoms with van der Waals surface area (Å²) in [5.41, 5.74) is 6.25. The van der Waals surface area contributed by atoms with Gasteiger partial charge in [-0.1, -0.05) is 12.2 Å². The predicted octanol–water partition coefficient (Wildman–Crippen LogP) is 0.901. The van der Waals surface area contributed by atoms with Crippen molar-refractivity contribution in [2.45, 2.75) is 0 Å². The van der Waals surface area contributed by atoms with Gasteiger partial charge >= 0.3 is 0 Å². The molecule has 0 radical (unpaired) electrons. The van der Waals surface area contributed by atoms with Crippen molar-refractivity contribution in [3.05, 3.63) is 33.8 Å². The maximum atomic E-state index is 5.58. The van der Waals surface area contributed by atoms with Crippen LogP contribution < -0.4 is 5.73 Å². The van der Waals surface area contributed by atoms with Gasteiger partial charge in [-0.15, -0.1) is 5.10 Å². The van der Waals surface area contributed by atoms with E-state index in [1.165, 1.54) is 0 Å². The minimum absolute atomic E-state index is 0.283. The molecule has 2 N–H and O–H groups in total. The van der Waals surface area contributed by atoms with Crippen LogP contribution in [0.15, 0.2) is 24.7 Å². The summed E-state index contributed by atoms with van der Waals surface area (Å²) >= 11 is 7.08. The van der Waals surface area contributed by atoms with E-state index in [2.05, 4.69) is 37.9 Å². The van der Waals surface area contributed by atoms with Gasteiger partial charge in [0, 0.05) is 6.20 Å². The van der Waals surface area contributed by atoms with Crippen molar-refractivity contribution >= 4 is 39.8 Å². The number of nitrogens with two attached hydrogens (primary N) is 1. The van der Waals surface area contributed by atoms with Gasteiger partial charge in [-0.05, 0) is 28.7 Å². The molecule has 0 aliphatic carbocycles. The van der Waals surface area contributed by atoms with Crippen molar-refractivity contribution in [2.24, 2.45) is 5.73 Å². The Morgan fingerprint density at radius 2 is 2.33 bits per heavy atom. The van der Waals surface area contributed by atoms with E-state index in [0.29, 0.717) is 11.4 Å². The molecule has 0 saturated heterocycles. The van der Waals surface area contributed by atoms with Crippen LogP contribution in [-0.4, -0.2) is 25.0 Å². The molecule has 0 amide bonds. The van der Waals surface area contributed by atoms with Crippen LogP contribution in [0.25, 0.3) is 5.82 Å². The standard InChI is InChI=1S/C8H6IN5S/c9-5-3-12-14(4-5)8-6(7(10)15)1-2-11-13-8/h1-4H,(H2,10,15). The lowest BCUT2D eigenvalue weighted by Gasteiger charge is -2.04. The lowest BCUT2D eigenvalue weighted by atomic mass is 10.3. The second-order valence-electron chi connectivity index (χ2n) is 2.74. The normalized spacial score (nSPS) is 10.2. The average molecular weight is 331 g/mol. The zero-order chi connectivity index (χ0) is 10.8. The molecule has 0 fully saturated rings. The highest BCUT2D eigenvalue weighted by Crippen LogP contribution is 2.11. The fourth-order valence-corrected chi connectivity index (χ4v) is 1.65. The number of rotatable bonds is 2. The fraction of sp³-hybridized carbons (Fsp3) is 0. The summed E-state index contributed by atoms with van der Waals surface area (Å²) in [5.74, 6) is 0.549. The van der Waals surface area contributed by atoms with Crippen LogP contribution in [0.4, 0.5) is 0 Å². The Morgan fingerprint density at radius 1 is 1.53 bits per heavy atom. The molecule has 5 nitrogen and oxygen atoms in total. The Kier molecular flexibility index (Phi) is 2.91. The quantitative estimate of drug-likeness (QED) is 0.654. The van der Waals surface area contributed by atoms with Crippen molar-refractivity contribution in [3.63, 3.8) is 0 Å². The van der Waals surface area contributed by atoms with E-state index in [4.69, 9.17) is 18.0 Å². The molecule has 0 aliphatic heterocycles.